The van der Waals surface area contributed by atoms with E-state index >= 15 is 0 Å². The zero-order valence-electron chi connectivity index (χ0n) is 13.2. The number of amides is 1. The number of carbonyl (C=O) groups is 1. The molecule has 7 nitrogen and oxygen atoms in total. The van der Waals surface area contributed by atoms with Crippen molar-refractivity contribution < 1.29 is 18.7 Å². The first kappa shape index (κ1) is 16.3. The van der Waals surface area contributed by atoms with Crippen molar-refractivity contribution in [2.45, 2.75) is 32.2 Å². The molecule has 3 rings (SSSR count). The zero-order valence-corrected chi connectivity index (χ0v) is 13.2. The lowest BCUT2D eigenvalue weighted by Gasteiger charge is -2.31. The molecule has 1 amide bonds. The number of aromatic nitrogens is 3. The smallest absolute Gasteiger partial charge is 0.263 e. The lowest BCUT2D eigenvalue weighted by atomic mass is 9.98. The summed E-state index contributed by atoms with van der Waals surface area (Å²) in [6.07, 6.45) is -1.75. The van der Waals surface area contributed by atoms with Gasteiger partial charge in [0.25, 0.3) is 12.0 Å². The Balaban J connectivity index is 2.21. The molecule has 2 aromatic heterocycles. The van der Waals surface area contributed by atoms with Crippen LogP contribution in [0, 0.1) is 6.92 Å². The van der Waals surface area contributed by atoms with Gasteiger partial charge in [-0.3, -0.25) is 9.59 Å². The van der Waals surface area contributed by atoms with E-state index in [9.17, 15) is 23.5 Å². The molecule has 128 valence electrons. The number of hydrogen-bond donors (Lipinski definition) is 1. The average molecular weight is 338 g/mol. The van der Waals surface area contributed by atoms with Gasteiger partial charge in [0.15, 0.2) is 0 Å². The Kier molecular flexibility index (Phi) is 3.73. The molecular weight excluding hydrogens is 322 g/mol. The Morgan fingerprint density at radius 1 is 1.42 bits per heavy atom. The molecule has 2 aromatic rings. The van der Waals surface area contributed by atoms with E-state index in [0.29, 0.717) is 0 Å². The maximum absolute atomic E-state index is 13.9. The maximum atomic E-state index is 13.9. The van der Waals surface area contributed by atoms with Crippen LogP contribution >= 0.6 is 0 Å². The van der Waals surface area contributed by atoms with Gasteiger partial charge in [0, 0.05) is 32.3 Å². The molecule has 3 heterocycles. The first-order valence-corrected chi connectivity index (χ1v) is 7.39. The second-order valence-electron chi connectivity index (χ2n) is 5.97. The number of fused-ring (bicyclic) bond motifs is 1. The van der Waals surface area contributed by atoms with Gasteiger partial charge in [-0.25, -0.2) is 13.8 Å². The molecule has 0 saturated carbocycles. The van der Waals surface area contributed by atoms with Crippen LogP contribution in [-0.2, 0) is 10.3 Å². The molecule has 0 aliphatic carbocycles. The van der Waals surface area contributed by atoms with Gasteiger partial charge in [-0.15, -0.1) is 0 Å². The standard InChI is InChI=1S/C15H16F2N4O3/c1-8-18-11-5-12(23)21(6-10(11)13(24)19-8)15(14(16)17)3-4-20(7-15)9(2)22/h5-6,14H,3-4,7H2,1-2H3,(H,18,19,24). The number of rotatable bonds is 2. The highest BCUT2D eigenvalue weighted by Crippen LogP contribution is 2.35. The number of carbonyl (C=O) groups excluding carboxylic acids is 1. The Labute approximate surface area is 135 Å². The second kappa shape index (κ2) is 5.50. The number of nitrogens with zero attached hydrogens (tertiary/aromatic N) is 4. The van der Waals surface area contributed by atoms with Crippen LogP contribution < -0.4 is 5.56 Å². The summed E-state index contributed by atoms with van der Waals surface area (Å²) in [6.45, 7) is 2.72. The van der Waals surface area contributed by atoms with Crippen molar-refractivity contribution in [3.63, 3.8) is 0 Å². The van der Waals surface area contributed by atoms with Crippen LogP contribution in [0.25, 0.3) is 10.9 Å². The molecule has 1 aliphatic heterocycles. The molecule has 0 bridgehead atoms. The Morgan fingerprint density at radius 2 is 2.12 bits per heavy atom. The van der Waals surface area contributed by atoms with Gasteiger partial charge < -0.3 is 14.6 Å². The molecule has 1 saturated heterocycles. The minimum atomic E-state index is -2.86. The normalized spacial score (nSPS) is 21.0. The first-order chi connectivity index (χ1) is 11.2. The summed E-state index contributed by atoms with van der Waals surface area (Å²) in [5.74, 6) is -0.436. The summed E-state index contributed by atoms with van der Waals surface area (Å²) in [6, 6.07) is 1.10. The van der Waals surface area contributed by atoms with E-state index in [1.54, 1.807) is 6.92 Å². The molecule has 9 heteroatoms. The lowest BCUT2D eigenvalue weighted by Crippen LogP contribution is -2.48. The van der Waals surface area contributed by atoms with E-state index in [1.165, 1.54) is 11.8 Å². The van der Waals surface area contributed by atoms with Crippen LogP contribution in [0.15, 0.2) is 17.1 Å². The van der Waals surface area contributed by atoms with Crippen LogP contribution in [0.1, 0.15) is 19.2 Å². The van der Waals surface area contributed by atoms with E-state index in [0.717, 1.165) is 16.8 Å². The highest BCUT2D eigenvalue weighted by Gasteiger charge is 2.48. The number of alkyl halides is 2. The highest BCUT2D eigenvalue weighted by molar-refractivity contribution is 5.82. The summed E-state index contributed by atoms with van der Waals surface area (Å²) >= 11 is 0. The third-order valence-corrected chi connectivity index (χ3v) is 4.43. The van der Waals surface area contributed by atoms with E-state index < -0.39 is 17.5 Å². The number of halogens is 2. The van der Waals surface area contributed by atoms with Crippen molar-refractivity contribution >= 4 is 16.8 Å². The van der Waals surface area contributed by atoms with E-state index in [4.69, 9.17) is 0 Å². The summed E-state index contributed by atoms with van der Waals surface area (Å²) in [7, 11) is 0. The van der Waals surface area contributed by atoms with Crippen LogP contribution in [0.4, 0.5) is 8.78 Å². The number of hydrogen-bond acceptors (Lipinski definition) is 5. The summed E-state index contributed by atoms with van der Waals surface area (Å²) in [5.41, 5.74) is -2.30. The predicted octanol–water partition coefficient (Wildman–Crippen LogP) is 1.02. The minimum absolute atomic E-state index is 0.0524. The number of pyridine rings is 1. The van der Waals surface area contributed by atoms with E-state index in [1.807, 2.05) is 0 Å². The average Bonchev–Trinajstić information content (AvgIpc) is 2.93. The quantitative estimate of drug-likeness (QED) is 0.883. The Bertz CT molecular complexity index is 883. The van der Waals surface area contributed by atoms with Crippen LogP contribution in [0.2, 0.25) is 0 Å². The van der Waals surface area contributed by atoms with Gasteiger partial charge in [-0.1, -0.05) is 0 Å². The fourth-order valence-corrected chi connectivity index (χ4v) is 3.11. The molecule has 0 spiro atoms. The van der Waals surface area contributed by atoms with Crippen molar-refractivity contribution in [2.24, 2.45) is 0 Å². The largest absolute Gasteiger partial charge is 0.493 e. The molecule has 1 fully saturated rings. The predicted molar refractivity (Wildman–Crippen MR) is 81.0 cm³/mol. The Hall–Kier alpha value is -2.58. The number of aromatic hydroxyl groups is 1. The highest BCUT2D eigenvalue weighted by atomic mass is 19.3. The third-order valence-electron chi connectivity index (χ3n) is 4.43. The second-order valence-corrected chi connectivity index (χ2v) is 5.97. The van der Waals surface area contributed by atoms with Crippen molar-refractivity contribution in [1.29, 1.82) is 0 Å². The maximum Gasteiger partial charge on any atom is 0.263 e. The van der Waals surface area contributed by atoms with Crippen LogP contribution in [0.3, 0.4) is 0 Å². The van der Waals surface area contributed by atoms with Gasteiger partial charge >= 0.3 is 0 Å². The molecule has 1 atom stereocenters. The molecule has 1 aliphatic rings. The van der Waals surface area contributed by atoms with Crippen LogP contribution in [-0.4, -0.2) is 50.0 Å². The topological polar surface area (TPSA) is 88.3 Å². The third kappa shape index (κ3) is 2.40. The number of aryl methyl sites for hydroxylation is 1. The molecule has 0 radical (unpaired) electrons. The van der Waals surface area contributed by atoms with Crippen molar-refractivity contribution in [3.05, 3.63) is 28.4 Å². The zero-order chi connectivity index (χ0) is 17.6. The number of likely N-dealkylation sites (tertiary alicyclic amines) is 1. The molecule has 1 unspecified atom stereocenters. The van der Waals surface area contributed by atoms with Crippen molar-refractivity contribution in [2.75, 3.05) is 13.1 Å². The lowest BCUT2D eigenvalue weighted by molar-refractivity contribution is -0.128. The summed E-state index contributed by atoms with van der Waals surface area (Å²) < 4.78 is 28.6. The molecule has 1 N–H and O–H groups in total. The minimum Gasteiger partial charge on any atom is -0.493 e. The van der Waals surface area contributed by atoms with E-state index in [2.05, 4.69) is 9.97 Å². The van der Waals surface area contributed by atoms with Crippen LogP contribution in [0.5, 0.6) is 5.88 Å². The molecular formula is C15H16F2N4O3. The Morgan fingerprint density at radius 3 is 2.71 bits per heavy atom. The summed E-state index contributed by atoms with van der Waals surface area (Å²) in [5, 5.41) is 10.1. The molecule has 24 heavy (non-hydrogen) atoms. The van der Waals surface area contributed by atoms with Gasteiger partial charge in [0.2, 0.25) is 11.8 Å². The fraction of sp³-hybridized carbons (Fsp3) is 0.467. The van der Waals surface area contributed by atoms with Crippen molar-refractivity contribution in [1.82, 2.24) is 19.4 Å². The summed E-state index contributed by atoms with van der Waals surface area (Å²) in [4.78, 5) is 33.0. The van der Waals surface area contributed by atoms with Gasteiger partial charge in [-0.2, -0.15) is 4.98 Å². The van der Waals surface area contributed by atoms with Gasteiger partial charge in [-0.05, 0) is 13.3 Å². The molecule has 0 aromatic carbocycles. The SMILES string of the molecule is CC(=O)N1CCC(C(F)F)(n2cc3c(O)nc(C)nc3cc2=O)C1. The van der Waals surface area contributed by atoms with E-state index in [-0.39, 0.29) is 48.0 Å². The van der Waals surface area contributed by atoms with Gasteiger partial charge in [0.1, 0.15) is 11.4 Å². The fourth-order valence-electron chi connectivity index (χ4n) is 3.11. The van der Waals surface area contributed by atoms with Gasteiger partial charge in [0.05, 0.1) is 10.9 Å². The van der Waals surface area contributed by atoms with Crippen molar-refractivity contribution in [3.8, 4) is 5.88 Å². The first-order valence-electron chi connectivity index (χ1n) is 7.39. The monoisotopic (exact) mass is 338 g/mol.